The molecular formula is C22H24F2N4O5S. The van der Waals surface area contributed by atoms with Gasteiger partial charge in [-0.05, 0) is 23.6 Å². The van der Waals surface area contributed by atoms with Crippen LogP contribution in [-0.4, -0.2) is 30.7 Å². The highest BCUT2D eigenvalue weighted by molar-refractivity contribution is 7.87. The van der Waals surface area contributed by atoms with Crippen molar-refractivity contribution in [1.82, 2.24) is 9.55 Å². The van der Waals surface area contributed by atoms with Crippen LogP contribution in [-0.2, 0) is 27.8 Å². The Morgan fingerprint density at radius 3 is 2.41 bits per heavy atom. The number of benzene rings is 2. The van der Waals surface area contributed by atoms with Crippen molar-refractivity contribution in [2.75, 3.05) is 12.3 Å². The van der Waals surface area contributed by atoms with Gasteiger partial charge < -0.3 is 25.0 Å². The van der Waals surface area contributed by atoms with E-state index in [9.17, 15) is 22.0 Å². The molecule has 182 valence electrons. The SMILES string of the molecule is CC(C)c1nc(CCOC(N)=O)n(Cc2cccc(N)c2)c1S(=O)(=O)Oc1cc(F)cc(F)c1. The van der Waals surface area contributed by atoms with E-state index in [0.717, 1.165) is 12.1 Å². The maximum atomic E-state index is 13.6. The summed E-state index contributed by atoms with van der Waals surface area (Å²) in [6.45, 7) is 3.36. The molecular weight excluding hydrogens is 470 g/mol. The fourth-order valence-corrected chi connectivity index (χ4v) is 4.76. The van der Waals surface area contributed by atoms with Gasteiger partial charge in [0.1, 0.15) is 29.8 Å². The molecule has 0 unspecified atom stereocenters. The summed E-state index contributed by atoms with van der Waals surface area (Å²) in [6.07, 6.45) is -0.933. The number of primary amides is 1. The van der Waals surface area contributed by atoms with E-state index in [1.807, 2.05) is 0 Å². The van der Waals surface area contributed by atoms with Crippen molar-refractivity contribution in [3.63, 3.8) is 0 Å². The highest BCUT2D eigenvalue weighted by atomic mass is 32.2. The minimum atomic E-state index is -4.60. The van der Waals surface area contributed by atoms with Crippen LogP contribution in [0.2, 0.25) is 0 Å². The number of nitrogen functional groups attached to an aromatic ring is 1. The van der Waals surface area contributed by atoms with E-state index in [2.05, 4.69) is 4.98 Å². The van der Waals surface area contributed by atoms with Crippen LogP contribution in [0.15, 0.2) is 47.5 Å². The first-order valence-electron chi connectivity index (χ1n) is 10.2. The molecule has 0 bridgehead atoms. The molecule has 4 N–H and O–H groups in total. The molecule has 0 aliphatic heterocycles. The van der Waals surface area contributed by atoms with Crippen molar-refractivity contribution in [1.29, 1.82) is 0 Å². The maximum absolute atomic E-state index is 13.6. The van der Waals surface area contributed by atoms with Crippen molar-refractivity contribution in [2.24, 2.45) is 5.73 Å². The van der Waals surface area contributed by atoms with Gasteiger partial charge >= 0.3 is 16.2 Å². The molecule has 0 saturated carbocycles. The summed E-state index contributed by atoms with van der Waals surface area (Å²) in [5.74, 6) is -2.60. The van der Waals surface area contributed by atoms with Gasteiger partial charge in [-0.3, -0.25) is 0 Å². The number of halogens is 2. The highest BCUT2D eigenvalue weighted by Crippen LogP contribution is 2.29. The third-order valence-corrected chi connectivity index (χ3v) is 6.03. The Kier molecular flexibility index (Phi) is 7.40. The van der Waals surface area contributed by atoms with E-state index in [0.29, 0.717) is 17.3 Å². The predicted molar refractivity (Wildman–Crippen MR) is 120 cm³/mol. The minimum Gasteiger partial charge on any atom is -0.449 e. The fraction of sp³-hybridized carbons (Fsp3) is 0.273. The Hall–Kier alpha value is -3.67. The Morgan fingerprint density at radius 1 is 1.15 bits per heavy atom. The first-order valence-corrected chi connectivity index (χ1v) is 11.6. The summed E-state index contributed by atoms with van der Waals surface area (Å²) in [5, 5.41) is -0.288. The molecule has 12 heteroatoms. The summed E-state index contributed by atoms with van der Waals surface area (Å²) in [7, 11) is -4.60. The zero-order valence-electron chi connectivity index (χ0n) is 18.5. The summed E-state index contributed by atoms with van der Waals surface area (Å²) in [5.41, 5.74) is 12.2. The number of hydrogen-bond acceptors (Lipinski definition) is 7. The van der Waals surface area contributed by atoms with Crippen LogP contribution < -0.4 is 15.7 Å². The number of imidazole rings is 1. The van der Waals surface area contributed by atoms with Crippen LogP contribution in [0, 0.1) is 11.6 Å². The van der Waals surface area contributed by atoms with Gasteiger partial charge in [-0.2, -0.15) is 8.42 Å². The van der Waals surface area contributed by atoms with E-state index in [4.69, 9.17) is 20.4 Å². The van der Waals surface area contributed by atoms with Crippen LogP contribution in [0.25, 0.3) is 0 Å². The molecule has 0 spiro atoms. The van der Waals surface area contributed by atoms with Gasteiger partial charge in [-0.1, -0.05) is 26.0 Å². The number of carbonyl (C=O) groups excluding carboxylic acids is 1. The molecule has 1 aromatic heterocycles. The van der Waals surface area contributed by atoms with Crippen molar-refractivity contribution < 1.29 is 30.9 Å². The fourth-order valence-electron chi connectivity index (χ4n) is 3.36. The van der Waals surface area contributed by atoms with Crippen molar-refractivity contribution in [2.45, 2.75) is 37.8 Å². The highest BCUT2D eigenvalue weighted by Gasteiger charge is 2.31. The lowest BCUT2D eigenvalue weighted by atomic mass is 10.1. The average Bonchev–Trinajstić information content (AvgIpc) is 3.06. The van der Waals surface area contributed by atoms with Gasteiger partial charge in [0.2, 0.25) is 0 Å². The third kappa shape index (κ3) is 6.01. The number of hydrogen-bond donors (Lipinski definition) is 2. The number of aromatic nitrogens is 2. The lowest BCUT2D eigenvalue weighted by Crippen LogP contribution is -2.20. The third-order valence-electron chi connectivity index (χ3n) is 4.71. The molecule has 1 heterocycles. The summed E-state index contributed by atoms with van der Waals surface area (Å²) >= 11 is 0. The molecule has 9 nitrogen and oxygen atoms in total. The first-order chi connectivity index (χ1) is 16.0. The van der Waals surface area contributed by atoms with Crippen molar-refractivity contribution >= 4 is 21.9 Å². The molecule has 0 aliphatic carbocycles. The lowest BCUT2D eigenvalue weighted by molar-refractivity contribution is 0.157. The lowest BCUT2D eigenvalue weighted by Gasteiger charge is -2.15. The Bertz CT molecular complexity index is 1290. The molecule has 0 radical (unpaired) electrons. The van der Waals surface area contributed by atoms with Gasteiger partial charge in [-0.15, -0.1) is 0 Å². The molecule has 0 atom stereocenters. The second-order valence-corrected chi connectivity index (χ2v) is 9.23. The second kappa shape index (κ2) is 10.1. The predicted octanol–water partition coefficient (Wildman–Crippen LogP) is 3.32. The topological polar surface area (TPSA) is 140 Å². The van der Waals surface area contributed by atoms with Crippen LogP contribution in [0.3, 0.4) is 0 Å². The standard InChI is InChI=1S/C22H24F2N4O5S/c1-13(2)20-21(34(30,31)33-18-10-15(23)9-16(24)11-18)28(12-14-4-3-5-17(25)8-14)19(27-20)6-7-32-22(26)29/h3-5,8-11,13H,6-7,12,25H2,1-2H3,(H2,26,29). The number of ether oxygens (including phenoxy) is 1. The Balaban J connectivity index is 2.13. The monoisotopic (exact) mass is 494 g/mol. The Labute approximate surface area is 195 Å². The molecule has 3 aromatic rings. The number of nitrogens with two attached hydrogens (primary N) is 2. The zero-order chi connectivity index (χ0) is 25.0. The van der Waals surface area contributed by atoms with Crippen molar-refractivity contribution in [3.05, 3.63) is 71.2 Å². The van der Waals surface area contributed by atoms with Gasteiger partial charge in [0.25, 0.3) is 0 Å². The molecule has 2 aromatic carbocycles. The number of carbonyl (C=O) groups is 1. The molecule has 0 saturated heterocycles. The minimum absolute atomic E-state index is 0.0338. The molecule has 1 amide bonds. The summed E-state index contributed by atoms with van der Waals surface area (Å²) in [4.78, 5) is 15.4. The van der Waals surface area contributed by atoms with Crippen molar-refractivity contribution in [3.8, 4) is 5.75 Å². The first kappa shape index (κ1) is 25.0. The Morgan fingerprint density at radius 2 is 1.82 bits per heavy atom. The number of rotatable bonds is 9. The summed E-state index contributed by atoms with van der Waals surface area (Å²) in [6, 6.07) is 8.91. The van der Waals surface area contributed by atoms with E-state index in [1.165, 1.54) is 4.57 Å². The quantitative estimate of drug-likeness (QED) is 0.343. The molecule has 34 heavy (non-hydrogen) atoms. The van der Waals surface area contributed by atoms with E-state index in [-0.39, 0.29) is 42.0 Å². The molecule has 0 fully saturated rings. The van der Waals surface area contributed by atoms with E-state index in [1.54, 1.807) is 38.1 Å². The van der Waals surface area contributed by atoms with Crippen LogP contribution >= 0.6 is 0 Å². The number of anilines is 1. The smallest absolute Gasteiger partial charge is 0.404 e. The van der Waals surface area contributed by atoms with Crippen LogP contribution in [0.4, 0.5) is 19.3 Å². The van der Waals surface area contributed by atoms with E-state index >= 15 is 0 Å². The maximum Gasteiger partial charge on any atom is 0.404 e. The number of amides is 1. The zero-order valence-corrected chi connectivity index (χ0v) is 19.3. The van der Waals surface area contributed by atoms with Gasteiger partial charge in [-0.25, -0.2) is 18.6 Å². The molecule has 0 aliphatic rings. The van der Waals surface area contributed by atoms with Gasteiger partial charge in [0.15, 0.2) is 5.03 Å². The van der Waals surface area contributed by atoms with Crippen LogP contribution in [0.5, 0.6) is 5.75 Å². The summed E-state index contributed by atoms with van der Waals surface area (Å²) < 4.78 is 65.3. The van der Waals surface area contributed by atoms with Gasteiger partial charge in [0, 0.05) is 30.3 Å². The molecule has 3 rings (SSSR count). The van der Waals surface area contributed by atoms with E-state index < -0.39 is 33.6 Å². The van der Waals surface area contributed by atoms with Crippen LogP contribution in [0.1, 0.15) is 36.8 Å². The second-order valence-electron chi connectivity index (χ2n) is 7.76. The largest absolute Gasteiger partial charge is 0.449 e. The number of nitrogens with zero attached hydrogens (tertiary/aromatic N) is 2. The average molecular weight is 495 g/mol. The normalized spacial score (nSPS) is 11.6. The van der Waals surface area contributed by atoms with Gasteiger partial charge in [0.05, 0.1) is 12.2 Å².